The average Bonchev–Trinajstić information content (AvgIpc) is 2.17. The second-order valence-electron chi connectivity index (χ2n) is 3.61. The molecule has 0 fully saturated rings. The Labute approximate surface area is 98.8 Å². The quantitative estimate of drug-likeness (QED) is 0.820. The zero-order valence-corrected chi connectivity index (χ0v) is 10.6. The molecular formula is C12H15BrO2. The summed E-state index contributed by atoms with van der Waals surface area (Å²) in [5.41, 5.74) is 0. The third-order valence-electron chi connectivity index (χ3n) is 2.31. The standard InChI is InChI=1S/C12H15BrO2/c1-9(10(2)14)6-7-15-12-5-3-4-11(13)8-12/h3-5,8-9H,6-7H2,1-2H3. The number of ketones is 1. The lowest BCUT2D eigenvalue weighted by Gasteiger charge is -2.09. The van der Waals surface area contributed by atoms with Gasteiger partial charge in [-0.05, 0) is 31.5 Å². The minimum atomic E-state index is 0.0807. The summed E-state index contributed by atoms with van der Waals surface area (Å²) in [5, 5.41) is 0. The lowest BCUT2D eigenvalue weighted by molar-refractivity contribution is -0.120. The highest BCUT2D eigenvalue weighted by Gasteiger charge is 2.07. The van der Waals surface area contributed by atoms with Gasteiger partial charge in [-0.25, -0.2) is 0 Å². The smallest absolute Gasteiger partial charge is 0.132 e. The van der Waals surface area contributed by atoms with Crippen LogP contribution in [0.2, 0.25) is 0 Å². The maximum atomic E-state index is 11.0. The van der Waals surface area contributed by atoms with Gasteiger partial charge in [-0.3, -0.25) is 4.79 Å². The summed E-state index contributed by atoms with van der Waals surface area (Å²) in [6.07, 6.45) is 0.766. The molecule has 0 N–H and O–H groups in total. The molecule has 0 spiro atoms. The first kappa shape index (κ1) is 12.2. The predicted molar refractivity (Wildman–Crippen MR) is 64.1 cm³/mol. The summed E-state index contributed by atoms with van der Waals surface area (Å²) in [6.45, 7) is 4.12. The molecule has 1 aromatic carbocycles. The van der Waals surface area contributed by atoms with Crippen molar-refractivity contribution in [1.82, 2.24) is 0 Å². The Morgan fingerprint density at radius 1 is 1.53 bits per heavy atom. The minimum absolute atomic E-state index is 0.0807. The topological polar surface area (TPSA) is 26.3 Å². The van der Waals surface area contributed by atoms with Gasteiger partial charge in [0.15, 0.2) is 0 Å². The van der Waals surface area contributed by atoms with Crippen LogP contribution in [0.5, 0.6) is 5.75 Å². The van der Waals surface area contributed by atoms with Crippen LogP contribution in [0.4, 0.5) is 0 Å². The van der Waals surface area contributed by atoms with Gasteiger partial charge in [0.1, 0.15) is 11.5 Å². The second-order valence-corrected chi connectivity index (χ2v) is 4.52. The van der Waals surface area contributed by atoms with Crippen LogP contribution >= 0.6 is 15.9 Å². The highest BCUT2D eigenvalue weighted by atomic mass is 79.9. The minimum Gasteiger partial charge on any atom is -0.494 e. The summed E-state index contributed by atoms with van der Waals surface area (Å²) in [4.78, 5) is 11.0. The van der Waals surface area contributed by atoms with Crippen LogP contribution < -0.4 is 4.74 Å². The van der Waals surface area contributed by atoms with Gasteiger partial charge in [-0.2, -0.15) is 0 Å². The van der Waals surface area contributed by atoms with E-state index in [1.165, 1.54) is 0 Å². The first-order chi connectivity index (χ1) is 7.09. The summed E-state index contributed by atoms with van der Waals surface area (Å²) >= 11 is 3.37. The summed E-state index contributed by atoms with van der Waals surface area (Å²) in [6, 6.07) is 7.69. The predicted octanol–water partition coefficient (Wildman–Crippen LogP) is 3.44. The normalized spacial score (nSPS) is 12.2. The number of carbonyl (C=O) groups is 1. The molecule has 0 aliphatic carbocycles. The summed E-state index contributed by atoms with van der Waals surface area (Å²) < 4.78 is 6.53. The maximum Gasteiger partial charge on any atom is 0.132 e. The van der Waals surface area contributed by atoms with Crippen LogP contribution in [0.25, 0.3) is 0 Å². The van der Waals surface area contributed by atoms with E-state index in [0.717, 1.165) is 16.6 Å². The number of carbonyl (C=O) groups excluding carboxylic acids is 1. The van der Waals surface area contributed by atoms with E-state index in [0.29, 0.717) is 6.61 Å². The Kier molecular flexibility index (Phi) is 4.82. The highest BCUT2D eigenvalue weighted by Crippen LogP contribution is 2.18. The lowest BCUT2D eigenvalue weighted by Crippen LogP contribution is -2.10. The van der Waals surface area contributed by atoms with Crippen molar-refractivity contribution in [1.29, 1.82) is 0 Å². The fourth-order valence-corrected chi connectivity index (χ4v) is 1.49. The van der Waals surface area contributed by atoms with Crippen LogP contribution in [0.3, 0.4) is 0 Å². The van der Waals surface area contributed by atoms with Crippen LogP contribution in [-0.2, 0) is 4.79 Å². The molecule has 0 radical (unpaired) electrons. The number of benzene rings is 1. The molecule has 3 heteroatoms. The number of Topliss-reactive ketones (excluding diaryl/α,β-unsaturated/α-hetero) is 1. The van der Waals surface area contributed by atoms with Crippen LogP contribution in [0.1, 0.15) is 20.3 Å². The van der Waals surface area contributed by atoms with Crippen molar-refractivity contribution in [2.75, 3.05) is 6.61 Å². The molecule has 2 nitrogen and oxygen atoms in total. The van der Waals surface area contributed by atoms with Crippen LogP contribution in [0.15, 0.2) is 28.7 Å². The summed E-state index contributed by atoms with van der Waals surface area (Å²) in [7, 11) is 0. The fourth-order valence-electron chi connectivity index (χ4n) is 1.11. The lowest BCUT2D eigenvalue weighted by atomic mass is 10.1. The molecule has 82 valence electrons. The van der Waals surface area contributed by atoms with Crippen molar-refractivity contribution in [3.8, 4) is 5.75 Å². The zero-order valence-electron chi connectivity index (χ0n) is 9.00. The van der Waals surface area contributed by atoms with E-state index in [1.807, 2.05) is 31.2 Å². The fraction of sp³-hybridized carbons (Fsp3) is 0.417. The van der Waals surface area contributed by atoms with E-state index < -0.39 is 0 Å². The van der Waals surface area contributed by atoms with E-state index in [-0.39, 0.29) is 11.7 Å². The Hall–Kier alpha value is -0.830. The van der Waals surface area contributed by atoms with Crippen molar-refractivity contribution in [3.63, 3.8) is 0 Å². The Morgan fingerprint density at radius 3 is 2.87 bits per heavy atom. The molecule has 1 rings (SSSR count). The molecule has 1 atom stereocenters. The number of halogens is 1. The van der Waals surface area contributed by atoms with E-state index in [4.69, 9.17) is 4.74 Å². The molecule has 0 aliphatic rings. The van der Waals surface area contributed by atoms with Crippen molar-refractivity contribution >= 4 is 21.7 Å². The van der Waals surface area contributed by atoms with E-state index in [1.54, 1.807) is 6.92 Å². The maximum absolute atomic E-state index is 11.0. The van der Waals surface area contributed by atoms with Gasteiger partial charge in [0.2, 0.25) is 0 Å². The van der Waals surface area contributed by atoms with Gasteiger partial charge in [-0.1, -0.05) is 28.9 Å². The largest absolute Gasteiger partial charge is 0.494 e. The van der Waals surface area contributed by atoms with Crippen molar-refractivity contribution in [2.24, 2.45) is 5.92 Å². The second kappa shape index (κ2) is 5.91. The molecule has 0 saturated carbocycles. The molecule has 1 unspecified atom stereocenters. The van der Waals surface area contributed by atoms with E-state index in [9.17, 15) is 4.79 Å². The molecule has 0 amide bonds. The monoisotopic (exact) mass is 270 g/mol. The Morgan fingerprint density at radius 2 is 2.27 bits per heavy atom. The highest BCUT2D eigenvalue weighted by molar-refractivity contribution is 9.10. The zero-order chi connectivity index (χ0) is 11.3. The third-order valence-corrected chi connectivity index (χ3v) is 2.80. The Bertz CT molecular complexity index is 336. The number of hydrogen-bond donors (Lipinski definition) is 0. The van der Waals surface area contributed by atoms with Gasteiger partial charge in [0, 0.05) is 10.4 Å². The van der Waals surface area contributed by atoms with Gasteiger partial charge in [0.25, 0.3) is 0 Å². The number of rotatable bonds is 5. The molecular weight excluding hydrogens is 256 g/mol. The van der Waals surface area contributed by atoms with Gasteiger partial charge < -0.3 is 4.74 Å². The summed E-state index contributed by atoms with van der Waals surface area (Å²) in [5.74, 6) is 1.13. The number of ether oxygens (including phenoxy) is 1. The molecule has 0 heterocycles. The molecule has 0 aliphatic heterocycles. The van der Waals surface area contributed by atoms with Crippen molar-refractivity contribution < 1.29 is 9.53 Å². The Balaban J connectivity index is 2.35. The van der Waals surface area contributed by atoms with Crippen LogP contribution in [0, 0.1) is 5.92 Å². The number of hydrogen-bond acceptors (Lipinski definition) is 2. The molecule has 0 aromatic heterocycles. The molecule has 0 bridgehead atoms. The first-order valence-electron chi connectivity index (χ1n) is 4.98. The third kappa shape index (κ3) is 4.47. The van der Waals surface area contributed by atoms with Crippen molar-refractivity contribution in [3.05, 3.63) is 28.7 Å². The van der Waals surface area contributed by atoms with Gasteiger partial charge >= 0.3 is 0 Å². The molecule has 0 saturated heterocycles. The van der Waals surface area contributed by atoms with Crippen molar-refractivity contribution in [2.45, 2.75) is 20.3 Å². The van der Waals surface area contributed by atoms with Crippen LogP contribution in [-0.4, -0.2) is 12.4 Å². The molecule has 15 heavy (non-hydrogen) atoms. The SMILES string of the molecule is CC(=O)C(C)CCOc1cccc(Br)c1. The van der Waals surface area contributed by atoms with E-state index >= 15 is 0 Å². The average molecular weight is 271 g/mol. The molecule has 1 aromatic rings. The van der Waals surface area contributed by atoms with Gasteiger partial charge in [-0.15, -0.1) is 0 Å². The van der Waals surface area contributed by atoms with E-state index in [2.05, 4.69) is 15.9 Å². The first-order valence-corrected chi connectivity index (χ1v) is 5.77. The van der Waals surface area contributed by atoms with Gasteiger partial charge in [0.05, 0.1) is 6.61 Å².